The van der Waals surface area contributed by atoms with Crippen LogP contribution in [0.5, 0.6) is 0 Å². The molecular weight excluding hydrogens is 290 g/mol. The van der Waals surface area contributed by atoms with Crippen molar-refractivity contribution in [2.24, 2.45) is 0 Å². The fraction of sp³-hybridized carbons (Fsp3) is 0.333. The van der Waals surface area contributed by atoms with Crippen molar-refractivity contribution in [3.8, 4) is 0 Å². The Bertz CT molecular complexity index is 687. The van der Waals surface area contributed by atoms with Gasteiger partial charge in [0.25, 0.3) is 10.0 Å². The Morgan fingerprint density at radius 3 is 2.29 bits per heavy atom. The summed E-state index contributed by atoms with van der Waals surface area (Å²) in [5.74, 6) is 0. The molecule has 1 aliphatic heterocycles. The Labute approximate surface area is 123 Å². The molecule has 0 radical (unpaired) electrons. The SMILES string of the molecule is O=S(=O)(c1ccco1)N1CCC(O)(c2ccccc2)CC1. The van der Waals surface area contributed by atoms with Gasteiger partial charge in [0, 0.05) is 13.1 Å². The first-order valence-corrected chi connectivity index (χ1v) is 8.28. The van der Waals surface area contributed by atoms with Gasteiger partial charge in [-0.3, -0.25) is 0 Å². The van der Waals surface area contributed by atoms with Gasteiger partial charge in [0.05, 0.1) is 11.9 Å². The summed E-state index contributed by atoms with van der Waals surface area (Å²) in [6, 6.07) is 12.4. The molecule has 1 aromatic carbocycles. The number of hydrogen-bond donors (Lipinski definition) is 1. The van der Waals surface area contributed by atoms with E-state index >= 15 is 0 Å². The summed E-state index contributed by atoms with van der Waals surface area (Å²) in [6.07, 6.45) is 2.09. The zero-order chi connectivity index (χ0) is 14.9. The molecule has 1 aliphatic rings. The van der Waals surface area contributed by atoms with Crippen LogP contribution in [0.2, 0.25) is 0 Å². The van der Waals surface area contributed by atoms with E-state index < -0.39 is 15.6 Å². The topological polar surface area (TPSA) is 70.8 Å². The molecule has 112 valence electrons. The zero-order valence-corrected chi connectivity index (χ0v) is 12.3. The maximum absolute atomic E-state index is 12.3. The van der Waals surface area contributed by atoms with Crippen LogP contribution in [-0.4, -0.2) is 30.9 Å². The van der Waals surface area contributed by atoms with Crippen molar-refractivity contribution in [3.63, 3.8) is 0 Å². The van der Waals surface area contributed by atoms with Crippen molar-refractivity contribution in [1.29, 1.82) is 0 Å². The van der Waals surface area contributed by atoms with Crippen LogP contribution in [0.4, 0.5) is 0 Å². The van der Waals surface area contributed by atoms with Gasteiger partial charge in [-0.15, -0.1) is 0 Å². The second-order valence-electron chi connectivity index (χ2n) is 5.23. The molecule has 1 saturated heterocycles. The molecule has 0 aliphatic carbocycles. The predicted molar refractivity (Wildman–Crippen MR) is 77.0 cm³/mol. The molecule has 0 amide bonds. The largest absolute Gasteiger partial charge is 0.452 e. The molecule has 1 fully saturated rings. The van der Waals surface area contributed by atoms with Gasteiger partial charge in [0.1, 0.15) is 0 Å². The van der Waals surface area contributed by atoms with Crippen LogP contribution in [0.3, 0.4) is 0 Å². The van der Waals surface area contributed by atoms with Gasteiger partial charge in [0.2, 0.25) is 5.09 Å². The molecule has 2 aromatic rings. The van der Waals surface area contributed by atoms with E-state index in [1.54, 1.807) is 6.07 Å². The summed E-state index contributed by atoms with van der Waals surface area (Å²) in [6.45, 7) is 0.544. The second kappa shape index (κ2) is 5.29. The number of piperidine rings is 1. The number of benzene rings is 1. The number of sulfonamides is 1. The van der Waals surface area contributed by atoms with E-state index in [9.17, 15) is 13.5 Å². The highest BCUT2D eigenvalue weighted by Crippen LogP contribution is 2.34. The number of nitrogens with zero attached hydrogens (tertiary/aromatic N) is 1. The molecule has 3 rings (SSSR count). The van der Waals surface area contributed by atoms with Crippen molar-refractivity contribution in [2.45, 2.75) is 23.5 Å². The van der Waals surface area contributed by atoms with Gasteiger partial charge in [0.15, 0.2) is 0 Å². The first kappa shape index (κ1) is 14.3. The molecule has 0 atom stereocenters. The minimum Gasteiger partial charge on any atom is -0.452 e. The quantitative estimate of drug-likeness (QED) is 0.941. The van der Waals surface area contributed by atoms with Crippen LogP contribution >= 0.6 is 0 Å². The molecule has 21 heavy (non-hydrogen) atoms. The Morgan fingerprint density at radius 2 is 1.71 bits per heavy atom. The maximum atomic E-state index is 12.3. The maximum Gasteiger partial charge on any atom is 0.276 e. The molecule has 5 nitrogen and oxygen atoms in total. The Balaban J connectivity index is 1.77. The van der Waals surface area contributed by atoms with Crippen molar-refractivity contribution in [3.05, 3.63) is 54.3 Å². The fourth-order valence-corrected chi connectivity index (χ4v) is 4.02. The lowest BCUT2D eigenvalue weighted by Gasteiger charge is -2.37. The lowest BCUT2D eigenvalue weighted by atomic mass is 9.85. The van der Waals surface area contributed by atoms with Gasteiger partial charge in [-0.1, -0.05) is 30.3 Å². The molecule has 2 heterocycles. The summed E-state index contributed by atoms with van der Waals surface area (Å²) in [5.41, 5.74) is -0.128. The zero-order valence-electron chi connectivity index (χ0n) is 11.5. The minimum absolute atomic E-state index is 0.0485. The van der Waals surface area contributed by atoms with Gasteiger partial charge < -0.3 is 9.52 Å². The highest BCUT2D eigenvalue weighted by atomic mass is 32.2. The first-order chi connectivity index (χ1) is 10.0. The van der Waals surface area contributed by atoms with E-state index in [-0.39, 0.29) is 18.2 Å². The van der Waals surface area contributed by atoms with Crippen LogP contribution in [0.15, 0.2) is 58.2 Å². The summed E-state index contributed by atoms with van der Waals surface area (Å²) >= 11 is 0. The van der Waals surface area contributed by atoms with E-state index in [1.807, 2.05) is 30.3 Å². The summed E-state index contributed by atoms with van der Waals surface area (Å²) < 4.78 is 31.1. The third-order valence-electron chi connectivity index (χ3n) is 3.95. The fourth-order valence-electron chi connectivity index (χ4n) is 2.67. The van der Waals surface area contributed by atoms with Gasteiger partial charge in [-0.05, 0) is 30.5 Å². The van der Waals surface area contributed by atoms with Crippen LogP contribution in [0.1, 0.15) is 18.4 Å². The first-order valence-electron chi connectivity index (χ1n) is 6.84. The van der Waals surface area contributed by atoms with Crippen molar-refractivity contribution >= 4 is 10.0 Å². The Morgan fingerprint density at radius 1 is 1.05 bits per heavy atom. The predicted octanol–water partition coefficient (Wildman–Crippen LogP) is 1.95. The van der Waals surface area contributed by atoms with Gasteiger partial charge in [-0.25, -0.2) is 8.42 Å². The summed E-state index contributed by atoms with van der Waals surface area (Å²) in [7, 11) is -3.60. The number of furan rings is 1. The van der Waals surface area contributed by atoms with Crippen molar-refractivity contribution < 1.29 is 17.9 Å². The monoisotopic (exact) mass is 307 g/mol. The Hall–Kier alpha value is -1.63. The summed E-state index contributed by atoms with van der Waals surface area (Å²) in [4.78, 5) is 0. The number of rotatable bonds is 3. The molecule has 0 spiro atoms. The minimum atomic E-state index is -3.60. The molecule has 1 N–H and O–H groups in total. The molecule has 0 bridgehead atoms. The standard InChI is InChI=1S/C15H17NO4S/c17-15(13-5-2-1-3-6-13)8-10-16(11-9-15)21(18,19)14-7-4-12-20-14/h1-7,12,17H,8-11H2. The molecule has 6 heteroatoms. The number of aliphatic hydroxyl groups is 1. The third-order valence-corrected chi connectivity index (χ3v) is 5.74. The highest BCUT2D eigenvalue weighted by Gasteiger charge is 2.38. The lowest BCUT2D eigenvalue weighted by Crippen LogP contribution is -2.45. The average Bonchev–Trinajstić information content (AvgIpc) is 3.04. The van der Waals surface area contributed by atoms with Crippen LogP contribution < -0.4 is 0 Å². The molecule has 1 aromatic heterocycles. The van der Waals surface area contributed by atoms with E-state index in [1.165, 1.54) is 16.6 Å². The van der Waals surface area contributed by atoms with E-state index in [4.69, 9.17) is 4.42 Å². The molecule has 0 saturated carbocycles. The van der Waals surface area contributed by atoms with E-state index in [0.717, 1.165) is 5.56 Å². The normalized spacial score (nSPS) is 19.5. The summed E-state index contributed by atoms with van der Waals surface area (Å²) in [5, 5.41) is 10.7. The van der Waals surface area contributed by atoms with Crippen LogP contribution in [-0.2, 0) is 15.6 Å². The van der Waals surface area contributed by atoms with Gasteiger partial charge in [-0.2, -0.15) is 4.31 Å². The van der Waals surface area contributed by atoms with Crippen molar-refractivity contribution in [2.75, 3.05) is 13.1 Å². The average molecular weight is 307 g/mol. The molecular formula is C15H17NO4S. The van der Waals surface area contributed by atoms with Crippen LogP contribution in [0.25, 0.3) is 0 Å². The second-order valence-corrected chi connectivity index (χ2v) is 7.10. The van der Waals surface area contributed by atoms with E-state index in [2.05, 4.69) is 0 Å². The van der Waals surface area contributed by atoms with Crippen LogP contribution in [0, 0.1) is 0 Å². The molecule has 0 unspecified atom stereocenters. The Kier molecular flexibility index (Phi) is 3.61. The van der Waals surface area contributed by atoms with Gasteiger partial charge >= 0.3 is 0 Å². The lowest BCUT2D eigenvalue weighted by molar-refractivity contribution is -0.00982. The highest BCUT2D eigenvalue weighted by molar-refractivity contribution is 7.89. The third kappa shape index (κ3) is 2.62. The smallest absolute Gasteiger partial charge is 0.276 e. The number of hydrogen-bond acceptors (Lipinski definition) is 4. The van der Waals surface area contributed by atoms with E-state index in [0.29, 0.717) is 12.8 Å². The van der Waals surface area contributed by atoms with Crippen molar-refractivity contribution in [1.82, 2.24) is 4.31 Å².